The van der Waals surface area contributed by atoms with E-state index in [0.717, 1.165) is 25.7 Å². The van der Waals surface area contributed by atoms with Gasteiger partial charge in [-0.2, -0.15) is 0 Å². The van der Waals surface area contributed by atoms with Crippen LogP contribution in [-0.2, 0) is 14.3 Å². The largest absolute Gasteiger partial charge is 0.465 e. The molecule has 1 aliphatic rings. The summed E-state index contributed by atoms with van der Waals surface area (Å²) in [6.45, 7) is 5.23. The zero-order valence-corrected chi connectivity index (χ0v) is 10.3. The van der Waals surface area contributed by atoms with Gasteiger partial charge in [-0.3, -0.25) is 0 Å². The Morgan fingerprint density at radius 2 is 2.12 bits per heavy atom. The first kappa shape index (κ1) is 13.5. The minimum atomic E-state index is -0.913. The predicted molar refractivity (Wildman–Crippen MR) is 62.0 cm³/mol. The number of ether oxygens (including phenoxy) is 2. The average molecular weight is 229 g/mol. The van der Waals surface area contributed by atoms with Crippen molar-refractivity contribution in [3.63, 3.8) is 0 Å². The second-order valence-electron chi connectivity index (χ2n) is 4.44. The monoisotopic (exact) mass is 229 g/mol. The van der Waals surface area contributed by atoms with Crippen LogP contribution in [0, 0.1) is 5.92 Å². The van der Waals surface area contributed by atoms with Crippen LogP contribution in [0.4, 0.5) is 0 Å². The molecule has 1 aliphatic carbocycles. The van der Waals surface area contributed by atoms with Crippen molar-refractivity contribution in [2.75, 3.05) is 19.8 Å². The van der Waals surface area contributed by atoms with Crippen molar-refractivity contribution in [2.24, 2.45) is 11.7 Å². The van der Waals surface area contributed by atoms with E-state index in [4.69, 9.17) is 15.2 Å². The molecular formula is C12H23NO3. The van der Waals surface area contributed by atoms with E-state index in [-0.39, 0.29) is 18.5 Å². The zero-order chi connectivity index (χ0) is 12.0. The molecule has 0 aromatic rings. The maximum absolute atomic E-state index is 11.8. The first-order valence-electron chi connectivity index (χ1n) is 6.19. The van der Waals surface area contributed by atoms with Crippen LogP contribution in [0.25, 0.3) is 0 Å². The number of hydrogen-bond acceptors (Lipinski definition) is 4. The lowest BCUT2D eigenvalue weighted by molar-refractivity contribution is -0.153. The van der Waals surface area contributed by atoms with E-state index >= 15 is 0 Å². The highest BCUT2D eigenvalue weighted by molar-refractivity contribution is 5.81. The molecule has 0 amide bonds. The molecule has 2 N–H and O–H groups in total. The third kappa shape index (κ3) is 3.46. The van der Waals surface area contributed by atoms with Crippen molar-refractivity contribution in [1.82, 2.24) is 0 Å². The molecule has 16 heavy (non-hydrogen) atoms. The lowest BCUT2D eigenvalue weighted by Gasteiger charge is -2.26. The maximum atomic E-state index is 11.8. The molecule has 0 saturated heterocycles. The molecule has 1 unspecified atom stereocenters. The first-order valence-corrected chi connectivity index (χ1v) is 6.19. The van der Waals surface area contributed by atoms with Crippen molar-refractivity contribution < 1.29 is 14.3 Å². The molecule has 1 atom stereocenters. The molecule has 0 spiro atoms. The number of esters is 1. The molecule has 0 aromatic heterocycles. The number of hydrogen-bond donors (Lipinski definition) is 1. The highest BCUT2D eigenvalue weighted by Crippen LogP contribution is 2.39. The molecule has 0 aliphatic heterocycles. The lowest BCUT2D eigenvalue weighted by atomic mass is 9.96. The van der Waals surface area contributed by atoms with Crippen LogP contribution in [0.5, 0.6) is 0 Å². The SMILES string of the molecule is CCCCOCC(N)(C(=O)OCC)C1CC1. The van der Waals surface area contributed by atoms with E-state index in [1.807, 2.05) is 0 Å². The summed E-state index contributed by atoms with van der Waals surface area (Å²) in [6, 6.07) is 0. The van der Waals surface area contributed by atoms with Crippen molar-refractivity contribution in [2.45, 2.75) is 45.1 Å². The Bertz CT molecular complexity index is 228. The number of unbranched alkanes of at least 4 members (excludes halogenated alkanes) is 1. The smallest absolute Gasteiger partial charge is 0.328 e. The van der Waals surface area contributed by atoms with Crippen LogP contribution >= 0.6 is 0 Å². The molecule has 0 aromatic carbocycles. The van der Waals surface area contributed by atoms with Gasteiger partial charge in [-0.25, -0.2) is 4.79 Å². The minimum Gasteiger partial charge on any atom is -0.465 e. The standard InChI is InChI=1S/C12H23NO3/c1-3-5-8-15-9-12(13,10-6-7-10)11(14)16-4-2/h10H,3-9,13H2,1-2H3. The molecule has 1 saturated carbocycles. The molecule has 4 heteroatoms. The average Bonchev–Trinajstić information content (AvgIpc) is 3.08. The summed E-state index contributed by atoms with van der Waals surface area (Å²) >= 11 is 0. The number of rotatable bonds is 8. The summed E-state index contributed by atoms with van der Waals surface area (Å²) in [7, 11) is 0. The molecule has 0 heterocycles. The fraction of sp³-hybridized carbons (Fsp3) is 0.917. The molecular weight excluding hydrogens is 206 g/mol. The number of nitrogens with two attached hydrogens (primary N) is 1. The van der Waals surface area contributed by atoms with E-state index in [1.165, 1.54) is 0 Å². The van der Waals surface area contributed by atoms with Crippen LogP contribution in [0.1, 0.15) is 39.5 Å². The summed E-state index contributed by atoms with van der Waals surface area (Å²) < 4.78 is 10.5. The summed E-state index contributed by atoms with van der Waals surface area (Å²) in [5.74, 6) is -0.0674. The van der Waals surface area contributed by atoms with Gasteiger partial charge in [-0.05, 0) is 32.1 Å². The van der Waals surface area contributed by atoms with Crippen molar-refractivity contribution in [3.05, 3.63) is 0 Å². The molecule has 1 rings (SSSR count). The van der Waals surface area contributed by atoms with Crippen LogP contribution in [0.2, 0.25) is 0 Å². The van der Waals surface area contributed by atoms with Gasteiger partial charge in [0.15, 0.2) is 0 Å². The zero-order valence-electron chi connectivity index (χ0n) is 10.3. The van der Waals surface area contributed by atoms with E-state index in [2.05, 4.69) is 6.92 Å². The second kappa shape index (κ2) is 6.21. The van der Waals surface area contributed by atoms with Gasteiger partial charge >= 0.3 is 5.97 Å². The van der Waals surface area contributed by atoms with Crippen molar-refractivity contribution in [1.29, 1.82) is 0 Å². The van der Waals surface area contributed by atoms with Gasteiger partial charge in [0.05, 0.1) is 13.2 Å². The third-order valence-electron chi connectivity index (χ3n) is 2.94. The van der Waals surface area contributed by atoms with Crippen molar-refractivity contribution in [3.8, 4) is 0 Å². The maximum Gasteiger partial charge on any atom is 0.328 e. The summed E-state index contributed by atoms with van der Waals surface area (Å²) in [5.41, 5.74) is 5.20. The lowest BCUT2D eigenvalue weighted by Crippen LogP contribution is -2.55. The Morgan fingerprint density at radius 3 is 2.62 bits per heavy atom. The van der Waals surface area contributed by atoms with Crippen LogP contribution in [-0.4, -0.2) is 31.3 Å². The van der Waals surface area contributed by atoms with Gasteiger partial charge in [0.2, 0.25) is 0 Å². The third-order valence-corrected chi connectivity index (χ3v) is 2.94. The van der Waals surface area contributed by atoms with E-state index in [1.54, 1.807) is 6.92 Å². The molecule has 0 bridgehead atoms. The molecule has 0 radical (unpaired) electrons. The van der Waals surface area contributed by atoms with E-state index in [0.29, 0.717) is 13.2 Å². The van der Waals surface area contributed by atoms with Gasteiger partial charge in [-0.1, -0.05) is 13.3 Å². The first-order chi connectivity index (χ1) is 7.65. The molecule has 94 valence electrons. The Kier molecular flexibility index (Phi) is 5.22. The van der Waals surface area contributed by atoms with Gasteiger partial charge in [0.1, 0.15) is 5.54 Å². The van der Waals surface area contributed by atoms with Crippen molar-refractivity contribution >= 4 is 5.97 Å². The van der Waals surface area contributed by atoms with Crippen LogP contribution in [0.3, 0.4) is 0 Å². The highest BCUT2D eigenvalue weighted by Gasteiger charge is 2.49. The Hall–Kier alpha value is -0.610. The quantitative estimate of drug-likeness (QED) is 0.506. The minimum absolute atomic E-state index is 0.244. The highest BCUT2D eigenvalue weighted by atomic mass is 16.5. The molecule has 1 fully saturated rings. The Labute approximate surface area is 97.5 Å². The summed E-state index contributed by atoms with van der Waals surface area (Å²) in [5, 5.41) is 0. The topological polar surface area (TPSA) is 61.5 Å². The van der Waals surface area contributed by atoms with Gasteiger partial charge in [-0.15, -0.1) is 0 Å². The van der Waals surface area contributed by atoms with Gasteiger partial charge < -0.3 is 15.2 Å². The fourth-order valence-corrected chi connectivity index (χ4v) is 1.69. The van der Waals surface area contributed by atoms with Gasteiger partial charge in [0, 0.05) is 6.61 Å². The van der Waals surface area contributed by atoms with E-state index in [9.17, 15) is 4.79 Å². The number of carbonyl (C=O) groups excluding carboxylic acids is 1. The Morgan fingerprint density at radius 1 is 1.44 bits per heavy atom. The number of carbonyl (C=O) groups is 1. The summed E-state index contributed by atoms with van der Waals surface area (Å²) in [4.78, 5) is 11.8. The normalized spacial score (nSPS) is 19.2. The second-order valence-corrected chi connectivity index (χ2v) is 4.44. The van der Waals surface area contributed by atoms with E-state index < -0.39 is 5.54 Å². The Balaban J connectivity index is 2.41. The predicted octanol–water partition coefficient (Wildman–Crippen LogP) is 1.47. The molecule has 4 nitrogen and oxygen atoms in total. The fourth-order valence-electron chi connectivity index (χ4n) is 1.69. The van der Waals surface area contributed by atoms with Gasteiger partial charge in [0.25, 0.3) is 0 Å². The van der Waals surface area contributed by atoms with Crippen LogP contribution in [0.15, 0.2) is 0 Å². The van der Waals surface area contributed by atoms with Crippen LogP contribution < -0.4 is 5.73 Å². The summed E-state index contributed by atoms with van der Waals surface area (Å²) in [6.07, 6.45) is 4.10.